The second kappa shape index (κ2) is 5.34. The lowest BCUT2D eigenvalue weighted by atomic mass is 10.1. The molecule has 1 N–H and O–H groups in total. The third-order valence-electron chi connectivity index (χ3n) is 3.70. The van der Waals surface area contributed by atoms with Gasteiger partial charge < -0.3 is 5.11 Å². The van der Waals surface area contributed by atoms with E-state index in [1.807, 2.05) is 26.0 Å². The van der Waals surface area contributed by atoms with Gasteiger partial charge in [-0.25, -0.2) is 0 Å². The number of para-hydroxylation sites is 1. The van der Waals surface area contributed by atoms with Gasteiger partial charge in [0, 0.05) is 12.1 Å². The summed E-state index contributed by atoms with van der Waals surface area (Å²) < 4.78 is 3.49. The van der Waals surface area contributed by atoms with Crippen molar-refractivity contribution >= 4 is 33.7 Å². The lowest BCUT2D eigenvalue weighted by Gasteiger charge is -2.04. The van der Waals surface area contributed by atoms with Gasteiger partial charge in [-0.2, -0.15) is 4.57 Å². The first-order valence-corrected chi connectivity index (χ1v) is 7.74. The second-order valence-electron chi connectivity index (χ2n) is 5.30. The van der Waals surface area contributed by atoms with Crippen LogP contribution in [0.4, 0.5) is 0 Å². The lowest BCUT2D eigenvalue weighted by molar-refractivity contribution is -0.642. The average Bonchev–Trinajstić information content (AvgIpc) is 2.79. The second-order valence-corrected chi connectivity index (χ2v) is 6.37. The molecule has 1 heterocycles. The first-order valence-electron chi connectivity index (χ1n) is 6.92. The molecule has 0 unspecified atom stereocenters. The van der Waals surface area contributed by atoms with E-state index in [0.29, 0.717) is 5.75 Å². The molecule has 3 rings (SSSR count). The highest BCUT2D eigenvalue weighted by Crippen LogP contribution is 2.25. The number of aromatic nitrogens is 1. The maximum absolute atomic E-state index is 9.83. The Bertz CT molecular complexity index is 823. The molecular formula is C18H18NOS+. The van der Waals surface area contributed by atoms with Crippen LogP contribution in [0.3, 0.4) is 0 Å². The van der Waals surface area contributed by atoms with Crippen LogP contribution in [0.2, 0.25) is 0 Å². The minimum atomic E-state index is 0.388. The molecule has 1 aromatic heterocycles. The number of fused-ring (bicyclic) bond motifs is 1. The van der Waals surface area contributed by atoms with Crippen LogP contribution in [0.25, 0.3) is 22.4 Å². The number of thiazole rings is 1. The first kappa shape index (κ1) is 13.8. The molecule has 3 aromatic rings. The van der Waals surface area contributed by atoms with Crippen molar-refractivity contribution in [3.05, 3.63) is 58.1 Å². The Kier molecular flexibility index (Phi) is 3.52. The number of rotatable bonds is 2. The van der Waals surface area contributed by atoms with Crippen LogP contribution in [0.1, 0.15) is 21.7 Å². The molecule has 0 spiro atoms. The summed E-state index contributed by atoms with van der Waals surface area (Å²) in [5.41, 5.74) is 4.19. The highest BCUT2D eigenvalue weighted by atomic mass is 32.1. The maximum atomic E-state index is 9.83. The molecule has 0 fully saturated rings. The third kappa shape index (κ3) is 2.57. The molecule has 106 valence electrons. The fourth-order valence-electron chi connectivity index (χ4n) is 2.52. The first-order chi connectivity index (χ1) is 10.1. The molecule has 3 heteroatoms. The van der Waals surface area contributed by atoms with Crippen molar-refractivity contribution in [2.75, 3.05) is 0 Å². The minimum absolute atomic E-state index is 0.388. The van der Waals surface area contributed by atoms with Gasteiger partial charge in [0.1, 0.15) is 17.5 Å². The van der Waals surface area contributed by atoms with E-state index in [-0.39, 0.29) is 0 Å². The summed E-state index contributed by atoms with van der Waals surface area (Å²) in [5.74, 6) is 0.388. The van der Waals surface area contributed by atoms with E-state index in [9.17, 15) is 5.11 Å². The van der Waals surface area contributed by atoms with Crippen LogP contribution in [0, 0.1) is 13.8 Å². The van der Waals surface area contributed by atoms with Gasteiger partial charge in [0.05, 0.1) is 0 Å². The Balaban J connectivity index is 2.00. The standard InChI is InChI=1S/C18H17NOS/c1-12-10-14(11-13(2)18(12)20)8-9-17-19(3)15-6-4-5-7-16(15)21-17/h4-11H,1-3H3/p+1. The van der Waals surface area contributed by atoms with Gasteiger partial charge in [-0.15, -0.1) is 0 Å². The van der Waals surface area contributed by atoms with Crippen LogP contribution in [-0.2, 0) is 7.05 Å². The number of nitrogens with zero attached hydrogens (tertiary/aromatic N) is 1. The molecule has 0 bridgehead atoms. The molecule has 0 amide bonds. The molecule has 0 saturated heterocycles. The molecule has 0 radical (unpaired) electrons. The Morgan fingerprint density at radius 3 is 2.38 bits per heavy atom. The van der Waals surface area contributed by atoms with Crippen molar-refractivity contribution in [1.29, 1.82) is 0 Å². The lowest BCUT2D eigenvalue weighted by Crippen LogP contribution is -2.28. The molecule has 21 heavy (non-hydrogen) atoms. The molecule has 0 atom stereocenters. The summed E-state index contributed by atoms with van der Waals surface area (Å²) in [5, 5.41) is 11.0. The van der Waals surface area contributed by atoms with Crippen molar-refractivity contribution < 1.29 is 9.67 Å². The number of aromatic hydroxyl groups is 1. The predicted octanol–water partition coefficient (Wildman–Crippen LogP) is 4.22. The highest BCUT2D eigenvalue weighted by Gasteiger charge is 2.13. The van der Waals surface area contributed by atoms with Crippen molar-refractivity contribution in [3.63, 3.8) is 0 Å². The van der Waals surface area contributed by atoms with Crippen LogP contribution >= 0.6 is 11.3 Å². The number of benzene rings is 2. The molecule has 2 aromatic carbocycles. The van der Waals surface area contributed by atoms with E-state index in [2.05, 4.69) is 48.0 Å². The SMILES string of the molecule is Cc1cc(/C=C/c2sc3ccccc3[n+]2C)cc(C)c1O. The van der Waals surface area contributed by atoms with Gasteiger partial charge in [0.25, 0.3) is 5.01 Å². The van der Waals surface area contributed by atoms with Crippen molar-refractivity contribution in [2.45, 2.75) is 13.8 Å². The van der Waals surface area contributed by atoms with Crippen LogP contribution in [0.15, 0.2) is 36.4 Å². The summed E-state index contributed by atoms with van der Waals surface area (Å²) in [6.45, 7) is 3.86. The summed E-state index contributed by atoms with van der Waals surface area (Å²) in [6.07, 6.45) is 4.24. The van der Waals surface area contributed by atoms with Crippen LogP contribution in [-0.4, -0.2) is 5.11 Å². The Morgan fingerprint density at radius 1 is 1.05 bits per heavy atom. The van der Waals surface area contributed by atoms with Crippen LogP contribution in [0.5, 0.6) is 5.75 Å². The number of phenolic OH excluding ortho intramolecular Hbond substituents is 1. The van der Waals surface area contributed by atoms with Gasteiger partial charge >= 0.3 is 0 Å². The number of aryl methyl sites for hydroxylation is 3. The van der Waals surface area contributed by atoms with Gasteiger partial charge in [0.2, 0.25) is 5.52 Å². The number of hydrogen-bond acceptors (Lipinski definition) is 2. The highest BCUT2D eigenvalue weighted by molar-refractivity contribution is 7.18. The molecule has 0 saturated carbocycles. The Labute approximate surface area is 128 Å². The summed E-state index contributed by atoms with van der Waals surface area (Å²) in [7, 11) is 2.09. The van der Waals surface area contributed by atoms with Gasteiger partial charge in [-0.05, 0) is 54.8 Å². The zero-order chi connectivity index (χ0) is 15.0. The molecule has 0 aliphatic rings. The summed E-state index contributed by atoms with van der Waals surface area (Å²) >= 11 is 1.78. The number of hydrogen-bond donors (Lipinski definition) is 1. The zero-order valence-corrected chi connectivity index (χ0v) is 13.2. The van der Waals surface area contributed by atoms with E-state index < -0.39 is 0 Å². The van der Waals surface area contributed by atoms with E-state index in [1.54, 1.807) is 11.3 Å². The minimum Gasteiger partial charge on any atom is -0.507 e. The third-order valence-corrected chi connectivity index (χ3v) is 4.89. The zero-order valence-electron chi connectivity index (χ0n) is 12.4. The van der Waals surface area contributed by atoms with E-state index >= 15 is 0 Å². The molecule has 0 aliphatic carbocycles. The average molecular weight is 296 g/mol. The smallest absolute Gasteiger partial charge is 0.262 e. The molecular weight excluding hydrogens is 278 g/mol. The predicted molar refractivity (Wildman–Crippen MR) is 89.5 cm³/mol. The fraction of sp³-hybridized carbons (Fsp3) is 0.167. The monoisotopic (exact) mass is 296 g/mol. The summed E-state index contributed by atoms with van der Waals surface area (Å²) in [6, 6.07) is 12.4. The van der Waals surface area contributed by atoms with Gasteiger partial charge in [-0.3, -0.25) is 0 Å². The topological polar surface area (TPSA) is 24.1 Å². The van der Waals surface area contributed by atoms with E-state index in [0.717, 1.165) is 16.7 Å². The van der Waals surface area contributed by atoms with Gasteiger partial charge in [0.15, 0.2) is 0 Å². The fourth-order valence-corrected chi connectivity index (χ4v) is 3.57. The molecule has 0 aliphatic heterocycles. The Hall–Kier alpha value is -2.13. The maximum Gasteiger partial charge on any atom is 0.262 e. The van der Waals surface area contributed by atoms with Crippen LogP contribution < -0.4 is 4.57 Å². The quantitative estimate of drug-likeness (QED) is 0.703. The number of phenols is 1. The Morgan fingerprint density at radius 2 is 1.71 bits per heavy atom. The van der Waals surface area contributed by atoms with Crippen molar-refractivity contribution in [1.82, 2.24) is 0 Å². The van der Waals surface area contributed by atoms with Crippen molar-refractivity contribution in [3.8, 4) is 5.75 Å². The normalized spacial score (nSPS) is 11.6. The van der Waals surface area contributed by atoms with E-state index in [4.69, 9.17) is 0 Å². The largest absolute Gasteiger partial charge is 0.507 e. The van der Waals surface area contributed by atoms with Crippen molar-refractivity contribution in [2.24, 2.45) is 7.05 Å². The van der Waals surface area contributed by atoms with Gasteiger partial charge in [-0.1, -0.05) is 23.5 Å². The molecule has 2 nitrogen and oxygen atoms in total. The van der Waals surface area contributed by atoms with E-state index in [1.165, 1.54) is 15.2 Å². The summed E-state index contributed by atoms with van der Waals surface area (Å²) in [4.78, 5) is 0.